The molecule has 24 heavy (non-hydrogen) atoms. The van der Waals surface area contributed by atoms with E-state index in [-0.39, 0.29) is 22.1 Å². The lowest BCUT2D eigenvalue weighted by atomic mass is 10.4. The third-order valence-corrected chi connectivity index (χ3v) is 4.34. The van der Waals surface area contributed by atoms with Crippen molar-refractivity contribution in [2.75, 3.05) is 18.5 Å². The number of hydrogen-bond donors (Lipinski definition) is 4. The molecule has 1 saturated heterocycles. The number of nitrogens with one attached hydrogen (secondary N) is 4. The number of urea groups is 1. The van der Waals surface area contributed by atoms with E-state index in [0.717, 1.165) is 0 Å². The number of rotatable bonds is 4. The van der Waals surface area contributed by atoms with Gasteiger partial charge in [-0.3, -0.25) is 5.32 Å². The van der Waals surface area contributed by atoms with Gasteiger partial charge in [-0.2, -0.15) is 0 Å². The highest BCUT2D eigenvalue weighted by Crippen LogP contribution is 2.15. The number of amides is 2. The molecule has 13 heteroatoms. The summed E-state index contributed by atoms with van der Waals surface area (Å²) in [6.07, 6.45) is 1.26. The Hall–Kier alpha value is -2.11. The van der Waals surface area contributed by atoms with E-state index in [2.05, 4.69) is 20.6 Å². The van der Waals surface area contributed by atoms with Crippen LogP contribution in [-0.4, -0.2) is 43.8 Å². The Morgan fingerprint density at radius 2 is 2.04 bits per heavy atom. The van der Waals surface area contributed by atoms with Crippen LogP contribution in [0.4, 0.5) is 10.7 Å². The molecule has 0 bridgehead atoms. The number of aromatic nitrogens is 2. The SMILES string of the molecule is N=C/C(=C1\NCCCO1)S(=O)(=O)NC(=O)Nc1nc(Cl)cc(Cl)n1. The summed E-state index contributed by atoms with van der Waals surface area (Å²) in [5.74, 6) is -0.380. The molecule has 2 heterocycles. The molecule has 0 unspecified atom stereocenters. The number of halogens is 2. The van der Waals surface area contributed by atoms with Gasteiger partial charge in [-0.1, -0.05) is 23.2 Å². The van der Waals surface area contributed by atoms with Gasteiger partial charge in [0, 0.05) is 18.8 Å². The highest BCUT2D eigenvalue weighted by molar-refractivity contribution is 7.94. The summed E-state index contributed by atoms with van der Waals surface area (Å²) < 4.78 is 31.3. The Labute approximate surface area is 147 Å². The summed E-state index contributed by atoms with van der Waals surface area (Å²) >= 11 is 11.3. The molecule has 0 saturated carbocycles. The van der Waals surface area contributed by atoms with E-state index in [0.29, 0.717) is 25.8 Å². The van der Waals surface area contributed by atoms with Gasteiger partial charge in [-0.25, -0.2) is 27.9 Å². The Balaban J connectivity index is 2.15. The van der Waals surface area contributed by atoms with Gasteiger partial charge in [0.1, 0.15) is 10.3 Å². The van der Waals surface area contributed by atoms with Crippen molar-refractivity contribution in [1.29, 1.82) is 5.41 Å². The summed E-state index contributed by atoms with van der Waals surface area (Å²) in [6.45, 7) is 0.791. The fraction of sp³-hybridized carbons (Fsp3) is 0.273. The van der Waals surface area contributed by atoms with Crippen LogP contribution >= 0.6 is 23.2 Å². The first-order valence-electron chi connectivity index (χ1n) is 6.47. The van der Waals surface area contributed by atoms with Gasteiger partial charge in [0.05, 0.1) is 6.61 Å². The lowest BCUT2D eigenvalue weighted by Crippen LogP contribution is -2.38. The summed E-state index contributed by atoms with van der Waals surface area (Å²) in [6, 6.07) is 0.0937. The van der Waals surface area contributed by atoms with Crippen LogP contribution in [-0.2, 0) is 14.8 Å². The van der Waals surface area contributed by atoms with Gasteiger partial charge in [-0.05, 0) is 6.42 Å². The Morgan fingerprint density at radius 1 is 1.38 bits per heavy atom. The zero-order chi connectivity index (χ0) is 17.7. The van der Waals surface area contributed by atoms with E-state index in [1.54, 1.807) is 4.72 Å². The molecule has 0 aliphatic carbocycles. The summed E-state index contributed by atoms with van der Waals surface area (Å²) in [4.78, 5) is 18.7. The standard InChI is InChI=1S/C11H12Cl2N6O4S/c12-7-4-8(13)17-10(16-7)18-11(20)19-24(21,22)6(5-14)9-15-2-1-3-23-9/h4-5,14-15H,1-3H2,(H2,16,17,18,19,20)/b9-6-,14-5?. The number of nitrogens with zero attached hydrogens (tertiary/aromatic N) is 2. The maximum absolute atomic E-state index is 12.2. The second-order valence-electron chi connectivity index (χ2n) is 4.36. The van der Waals surface area contributed by atoms with Crippen LogP contribution in [0, 0.1) is 5.41 Å². The number of hydrogen-bond acceptors (Lipinski definition) is 8. The third kappa shape index (κ3) is 4.69. The van der Waals surface area contributed by atoms with Crippen LogP contribution in [0.2, 0.25) is 10.3 Å². The fourth-order valence-electron chi connectivity index (χ4n) is 1.67. The molecule has 0 atom stereocenters. The Bertz CT molecular complexity index is 769. The average Bonchev–Trinajstić information content (AvgIpc) is 2.46. The van der Waals surface area contributed by atoms with Crippen LogP contribution in [0.3, 0.4) is 0 Å². The molecule has 1 aromatic heterocycles. The zero-order valence-corrected chi connectivity index (χ0v) is 14.3. The maximum Gasteiger partial charge on any atom is 0.335 e. The van der Waals surface area contributed by atoms with E-state index in [4.69, 9.17) is 33.3 Å². The highest BCUT2D eigenvalue weighted by Gasteiger charge is 2.26. The molecule has 1 fully saturated rings. The van der Waals surface area contributed by atoms with Gasteiger partial charge in [0.25, 0.3) is 10.0 Å². The number of ether oxygens (including phenoxy) is 1. The molecule has 0 radical (unpaired) electrons. The molecular formula is C11H12Cl2N6O4S. The van der Waals surface area contributed by atoms with Crippen molar-refractivity contribution < 1.29 is 17.9 Å². The van der Waals surface area contributed by atoms with Crippen molar-refractivity contribution in [3.8, 4) is 0 Å². The number of anilines is 1. The van der Waals surface area contributed by atoms with Gasteiger partial charge in [0.2, 0.25) is 11.8 Å². The first-order valence-corrected chi connectivity index (χ1v) is 8.71. The molecule has 1 aliphatic rings. The van der Waals surface area contributed by atoms with Crippen molar-refractivity contribution >= 4 is 51.4 Å². The monoisotopic (exact) mass is 394 g/mol. The molecule has 10 nitrogen and oxygen atoms in total. The van der Waals surface area contributed by atoms with Crippen molar-refractivity contribution in [3.05, 3.63) is 27.2 Å². The predicted molar refractivity (Wildman–Crippen MR) is 87.5 cm³/mol. The molecule has 2 rings (SSSR count). The molecule has 1 aliphatic heterocycles. The van der Waals surface area contributed by atoms with Crippen molar-refractivity contribution in [2.24, 2.45) is 0 Å². The van der Waals surface area contributed by atoms with E-state index < -0.39 is 21.0 Å². The van der Waals surface area contributed by atoms with Crippen LogP contribution in [0.15, 0.2) is 16.9 Å². The molecule has 4 N–H and O–H groups in total. The van der Waals surface area contributed by atoms with Crippen molar-refractivity contribution in [3.63, 3.8) is 0 Å². The van der Waals surface area contributed by atoms with Gasteiger partial charge >= 0.3 is 6.03 Å². The first kappa shape index (κ1) is 18.2. The molecular weight excluding hydrogens is 383 g/mol. The minimum absolute atomic E-state index is 0.0322. The minimum Gasteiger partial charge on any atom is -0.478 e. The van der Waals surface area contributed by atoms with Crippen LogP contribution < -0.4 is 15.4 Å². The third-order valence-electron chi connectivity index (χ3n) is 2.61. The minimum atomic E-state index is -4.35. The van der Waals surface area contributed by atoms with Crippen LogP contribution in [0.1, 0.15) is 6.42 Å². The quantitative estimate of drug-likeness (QED) is 0.440. The van der Waals surface area contributed by atoms with Crippen molar-refractivity contribution in [1.82, 2.24) is 20.0 Å². The molecule has 0 aromatic carbocycles. The predicted octanol–water partition coefficient (Wildman–Crippen LogP) is 1.06. The topological polar surface area (TPSA) is 146 Å². The summed E-state index contributed by atoms with van der Waals surface area (Å²) in [7, 11) is -4.35. The molecule has 130 valence electrons. The second kappa shape index (κ2) is 7.64. The molecule has 0 spiro atoms. The number of carbonyl (C=O) groups excluding carboxylic acids is 1. The molecule has 2 amide bonds. The Kier molecular flexibility index (Phi) is 5.80. The number of sulfonamides is 1. The molecule has 1 aromatic rings. The van der Waals surface area contributed by atoms with Gasteiger partial charge in [0.15, 0.2) is 4.91 Å². The van der Waals surface area contributed by atoms with Crippen LogP contribution in [0.5, 0.6) is 0 Å². The largest absolute Gasteiger partial charge is 0.478 e. The van der Waals surface area contributed by atoms with E-state index in [1.165, 1.54) is 6.07 Å². The highest BCUT2D eigenvalue weighted by atomic mass is 35.5. The van der Waals surface area contributed by atoms with E-state index >= 15 is 0 Å². The van der Waals surface area contributed by atoms with E-state index in [9.17, 15) is 13.2 Å². The lowest BCUT2D eigenvalue weighted by molar-refractivity contribution is 0.157. The van der Waals surface area contributed by atoms with Crippen molar-refractivity contribution in [2.45, 2.75) is 6.42 Å². The average molecular weight is 395 g/mol. The van der Waals surface area contributed by atoms with Crippen LogP contribution in [0.25, 0.3) is 0 Å². The number of allylic oxidation sites excluding steroid dienone is 1. The normalized spacial score (nSPS) is 16.4. The van der Waals surface area contributed by atoms with Gasteiger partial charge < -0.3 is 15.5 Å². The maximum atomic E-state index is 12.2. The Morgan fingerprint density at radius 3 is 2.58 bits per heavy atom. The lowest BCUT2D eigenvalue weighted by Gasteiger charge is -2.20. The fourth-order valence-corrected chi connectivity index (χ4v) is 3.03. The zero-order valence-electron chi connectivity index (χ0n) is 12.0. The smallest absolute Gasteiger partial charge is 0.335 e. The van der Waals surface area contributed by atoms with Gasteiger partial charge in [-0.15, -0.1) is 0 Å². The number of carbonyl (C=O) groups is 1. The summed E-state index contributed by atoms with van der Waals surface area (Å²) in [5.41, 5.74) is 0. The first-order chi connectivity index (χ1) is 11.3. The van der Waals surface area contributed by atoms with E-state index in [1.807, 2.05) is 0 Å². The summed E-state index contributed by atoms with van der Waals surface area (Å²) in [5, 5.41) is 12.0. The second-order valence-corrected chi connectivity index (χ2v) is 6.79.